The summed E-state index contributed by atoms with van der Waals surface area (Å²) in [5.74, 6) is 0.769. The highest BCUT2D eigenvalue weighted by Gasteiger charge is 2.20. The lowest BCUT2D eigenvalue weighted by Gasteiger charge is -2.21. The van der Waals surface area contributed by atoms with E-state index in [-0.39, 0.29) is 5.91 Å². The molecule has 1 N–H and O–H groups in total. The summed E-state index contributed by atoms with van der Waals surface area (Å²) in [6.45, 7) is 8.73. The Labute approximate surface area is 162 Å². The van der Waals surface area contributed by atoms with Gasteiger partial charge in [-0.05, 0) is 61.9 Å². The molecule has 1 heterocycles. The maximum atomic E-state index is 12.5. The SMILES string of the molecule is CC[C@H](Oc1cc(C)ccc1C)C(=O)NCCCN1CCc2ccccc21. The van der Waals surface area contributed by atoms with Gasteiger partial charge < -0.3 is 15.0 Å². The molecule has 0 radical (unpaired) electrons. The Morgan fingerprint density at radius 1 is 1.22 bits per heavy atom. The number of rotatable bonds is 8. The predicted octanol–water partition coefficient (Wildman–Crippen LogP) is 4.03. The highest BCUT2D eigenvalue weighted by molar-refractivity contribution is 5.81. The van der Waals surface area contributed by atoms with Crippen LogP contribution in [0.15, 0.2) is 42.5 Å². The van der Waals surface area contributed by atoms with E-state index in [2.05, 4.69) is 40.5 Å². The second-order valence-electron chi connectivity index (χ2n) is 7.29. The number of hydrogen-bond donors (Lipinski definition) is 1. The molecule has 1 aliphatic heterocycles. The summed E-state index contributed by atoms with van der Waals surface area (Å²) in [5.41, 5.74) is 4.96. The van der Waals surface area contributed by atoms with Crippen LogP contribution in [0.25, 0.3) is 0 Å². The molecule has 2 aromatic carbocycles. The number of nitrogens with one attached hydrogen (secondary N) is 1. The second-order valence-corrected chi connectivity index (χ2v) is 7.29. The highest BCUT2D eigenvalue weighted by Crippen LogP contribution is 2.27. The first kappa shape index (κ1) is 19.3. The standard InChI is InChI=1S/C23H30N2O2/c1-4-21(27-22-16-17(2)10-11-18(22)3)23(26)24-13-7-14-25-15-12-19-8-5-6-9-20(19)25/h5-6,8-11,16,21H,4,7,12-15H2,1-3H3,(H,24,26)/t21-/m0/s1. The van der Waals surface area contributed by atoms with Gasteiger partial charge in [0.15, 0.2) is 6.10 Å². The van der Waals surface area contributed by atoms with Gasteiger partial charge >= 0.3 is 0 Å². The zero-order valence-electron chi connectivity index (χ0n) is 16.6. The number of anilines is 1. The summed E-state index contributed by atoms with van der Waals surface area (Å²) in [4.78, 5) is 14.9. The van der Waals surface area contributed by atoms with E-state index >= 15 is 0 Å². The fourth-order valence-corrected chi connectivity index (χ4v) is 3.54. The zero-order chi connectivity index (χ0) is 19.2. The lowest BCUT2D eigenvalue weighted by molar-refractivity contribution is -0.128. The van der Waals surface area contributed by atoms with E-state index in [0.29, 0.717) is 13.0 Å². The van der Waals surface area contributed by atoms with Gasteiger partial charge in [0, 0.05) is 25.3 Å². The van der Waals surface area contributed by atoms with Crippen LogP contribution in [0.5, 0.6) is 5.75 Å². The Morgan fingerprint density at radius 2 is 2.04 bits per heavy atom. The number of carbonyl (C=O) groups excluding carboxylic acids is 1. The van der Waals surface area contributed by atoms with Gasteiger partial charge in [-0.2, -0.15) is 0 Å². The minimum absolute atomic E-state index is 0.0276. The number of benzene rings is 2. The number of fused-ring (bicyclic) bond motifs is 1. The van der Waals surface area contributed by atoms with Gasteiger partial charge in [-0.25, -0.2) is 0 Å². The fraction of sp³-hybridized carbons (Fsp3) is 0.435. The summed E-state index contributed by atoms with van der Waals surface area (Å²) in [7, 11) is 0. The molecule has 0 aromatic heterocycles. The van der Waals surface area contributed by atoms with Crippen molar-refractivity contribution in [3.8, 4) is 5.75 Å². The maximum absolute atomic E-state index is 12.5. The van der Waals surface area contributed by atoms with Crippen LogP contribution < -0.4 is 15.0 Å². The van der Waals surface area contributed by atoms with Crippen molar-refractivity contribution in [3.63, 3.8) is 0 Å². The predicted molar refractivity (Wildman–Crippen MR) is 111 cm³/mol. The summed E-state index contributed by atoms with van der Waals surface area (Å²) >= 11 is 0. The van der Waals surface area contributed by atoms with E-state index in [9.17, 15) is 4.79 Å². The maximum Gasteiger partial charge on any atom is 0.261 e. The average Bonchev–Trinajstić information content (AvgIpc) is 3.09. The number of aryl methyl sites for hydroxylation is 2. The number of carbonyl (C=O) groups is 1. The first-order chi connectivity index (χ1) is 13.1. The molecular weight excluding hydrogens is 336 g/mol. The van der Waals surface area contributed by atoms with Gasteiger partial charge in [0.2, 0.25) is 0 Å². The molecule has 1 aliphatic rings. The Morgan fingerprint density at radius 3 is 2.85 bits per heavy atom. The van der Waals surface area contributed by atoms with Crippen LogP contribution in [0, 0.1) is 13.8 Å². The van der Waals surface area contributed by atoms with Gasteiger partial charge in [-0.3, -0.25) is 4.79 Å². The molecule has 0 unspecified atom stereocenters. The summed E-state index contributed by atoms with van der Waals surface area (Å²) in [5, 5.41) is 3.05. The van der Waals surface area contributed by atoms with Crippen LogP contribution in [0.1, 0.15) is 36.5 Å². The Hall–Kier alpha value is -2.49. The van der Waals surface area contributed by atoms with Crippen LogP contribution in [0.2, 0.25) is 0 Å². The van der Waals surface area contributed by atoms with Crippen molar-refractivity contribution in [1.82, 2.24) is 5.32 Å². The van der Waals surface area contributed by atoms with Crippen LogP contribution in [0.4, 0.5) is 5.69 Å². The molecular formula is C23H30N2O2. The first-order valence-corrected chi connectivity index (χ1v) is 9.93. The van der Waals surface area contributed by atoms with Crippen LogP contribution in [0.3, 0.4) is 0 Å². The van der Waals surface area contributed by atoms with Gasteiger partial charge in [-0.15, -0.1) is 0 Å². The van der Waals surface area contributed by atoms with Gasteiger partial charge in [0.25, 0.3) is 5.91 Å². The second kappa shape index (κ2) is 8.94. The van der Waals surface area contributed by atoms with Gasteiger partial charge in [0.1, 0.15) is 5.75 Å². The molecule has 144 valence electrons. The van der Waals surface area contributed by atoms with Crippen LogP contribution >= 0.6 is 0 Å². The third kappa shape index (κ3) is 4.82. The van der Waals surface area contributed by atoms with E-state index in [4.69, 9.17) is 4.74 Å². The number of para-hydroxylation sites is 1. The summed E-state index contributed by atoms with van der Waals surface area (Å²) in [6.07, 6.45) is 2.25. The van der Waals surface area contributed by atoms with E-state index in [1.54, 1.807) is 0 Å². The molecule has 1 atom stereocenters. The lowest BCUT2D eigenvalue weighted by Crippen LogP contribution is -2.39. The van der Waals surface area contributed by atoms with Crippen molar-refractivity contribution < 1.29 is 9.53 Å². The van der Waals surface area contributed by atoms with Crippen LogP contribution in [-0.4, -0.2) is 31.6 Å². The molecule has 27 heavy (non-hydrogen) atoms. The topological polar surface area (TPSA) is 41.6 Å². The quantitative estimate of drug-likeness (QED) is 0.717. The monoisotopic (exact) mass is 366 g/mol. The van der Waals surface area contributed by atoms with Gasteiger partial charge in [-0.1, -0.05) is 37.3 Å². The molecule has 1 amide bonds. The minimum Gasteiger partial charge on any atom is -0.480 e. The van der Waals surface area contributed by atoms with Crippen molar-refractivity contribution in [2.24, 2.45) is 0 Å². The Bertz CT molecular complexity index is 788. The number of amides is 1. The van der Waals surface area contributed by atoms with Gasteiger partial charge in [0.05, 0.1) is 0 Å². The molecule has 3 rings (SSSR count). The Balaban J connectivity index is 1.46. The van der Waals surface area contributed by atoms with E-state index < -0.39 is 6.10 Å². The zero-order valence-corrected chi connectivity index (χ0v) is 16.6. The molecule has 0 aliphatic carbocycles. The molecule has 0 fully saturated rings. The minimum atomic E-state index is -0.446. The number of nitrogens with zero attached hydrogens (tertiary/aromatic N) is 1. The summed E-state index contributed by atoms with van der Waals surface area (Å²) < 4.78 is 5.99. The molecule has 4 heteroatoms. The van der Waals surface area contributed by atoms with Crippen molar-refractivity contribution in [2.45, 2.75) is 46.1 Å². The molecule has 2 aromatic rings. The number of hydrogen-bond acceptors (Lipinski definition) is 3. The van der Waals surface area contributed by atoms with Crippen molar-refractivity contribution >= 4 is 11.6 Å². The smallest absolute Gasteiger partial charge is 0.261 e. The van der Waals surface area contributed by atoms with E-state index in [1.807, 2.05) is 32.9 Å². The van der Waals surface area contributed by atoms with E-state index in [0.717, 1.165) is 42.8 Å². The van der Waals surface area contributed by atoms with Crippen LogP contribution in [-0.2, 0) is 11.2 Å². The van der Waals surface area contributed by atoms with E-state index in [1.165, 1.54) is 11.3 Å². The number of ether oxygens (including phenoxy) is 1. The molecule has 0 saturated carbocycles. The third-order valence-corrected chi connectivity index (χ3v) is 5.16. The molecule has 0 saturated heterocycles. The molecule has 0 spiro atoms. The first-order valence-electron chi connectivity index (χ1n) is 9.93. The normalized spacial score (nSPS) is 14.0. The van der Waals surface area contributed by atoms with Crippen molar-refractivity contribution in [1.29, 1.82) is 0 Å². The highest BCUT2D eigenvalue weighted by atomic mass is 16.5. The Kier molecular flexibility index (Phi) is 6.38. The van der Waals surface area contributed by atoms with Crippen molar-refractivity contribution in [2.75, 3.05) is 24.5 Å². The average molecular weight is 367 g/mol. The largest absolute Gasteiger partial charge is 0.480 e. The third-order valence-electron chi connectivity index (χ3n) is 5.16. The van der Waals surface area contributed by atoms with Crippen molar-refractivity contribution in [3.05, 3.63) is 59.2 Å². The molecule has 4 nitrogen and oxygen atoms in total. The fourth-order valence-electron chi connectivity index (χ4n) is 3.54. The summed E-state index contributed by atoms with van der Waals surface area (Å²) in [6, 6.07) is 14.7. The lowest BCUT2D eigenvalue weighted by atomic mass is 10.1. The molecule has 0 bridgehead atoms.